The first-order valence-corrected chi connectivity index (χ1v) is 13.3. The number of aromatic nitrogens is 2. The van der Waals surface area contributed by atoms with Crippen LogP contribution in [0.25, 0.3) is 11.0 Å². The molecule has 8 heteroatoms. The predicted molar refractivity (Wildman–Crippen MR) is 137 cm³/mol. The minimum Gasteiger partial charge on any atom is -0.346 e. The van der Waals surface area contributed by atoms with Gasteiger partial charge in [0.25, 0.3) is 5.91 Å². The Morgan fingerprint density at radius 1 is 1.11 bits per heavy atom. The summed E-state index contributed by atoms with van der Waals surface area (Å²) in [6, 6.07) is 5.67. The fourth-order valence-electron chi connectivity index (χ4n) is 5.54. The Kier molecular flexibility index (Phi) is 7.45. The SMILES string of the molecule is CCN(C)C(=O)C1CCN(C(=O)c2ccc3c(c2)nc(C(C)(C)C)n3CC2CCC(F)(F)CC2)CC1. The number of likely N-dealkylation sites (tertiary alicyclic amines) is 1. The van der Waals surface area contributed by atoms with E-state index in [1.54, 1.807) is 4.90 Å². The minimum absolute atomic E-state index is 0.0220. The van der Waals surface area contributed by atoms with Gasteiger partial charge in [0.2, 0.25) is 11.8 Å². The summed E-state index contributed by atoms with van der Waals surface area (Å²) in [5.41, 5.74) is 2.09. The lowest BCUT2D eigenvalue weighted by Crippen LogP contribution is -2.43. The Balaban J connectivity index is 1.52. The number of imidazole rings is 1. The van der Waals surface area contributed by atoms with Crippen molar-refractivity contribution >= 4 is 22.8 Å². The number of halogens is 2. The molecule has 1 aliphatic carbocycles. The van der Waals surface area contributed by atoms with E-state index in [0.29, 0.717) is 57.4 Å². The summed E-state index contributed by atoms with van der Waals surface area (Å²) in [5, 5.41) is 0. The van der Waals surface area contributed by atoms with Gasteiger partial charge < -0.3 is 14.4 Å². The molecule has 0 spiro atoms. The summed E-state index contributed by atoms with van der Waals surface area (Å²) in [6.45, 7) is 10.8. The van der Waals surface area contributed by atoms with Crippen LogP contribution in [-0.4, -0.2) is 63.8 Å². The molecule has 0 N–H and O–H groups in total. The van der Waals surface area contributed by atoms with E-state index >= 15 is 0 Å². The molecular weight excluding hydrogens is 462 g/mol. The van der Waals surface area contributed by atoms with E-state index in [4.69, 9.17) is 4.98 Å². The third kappa shape index (κ3) is 5.57. The van der Waals surface area contributed by atoms with Crippen molar-refractivity contribution in [2.45, 2.75) is 84.1 Å². The average molecular weight is 503 g/mol. The number of fused-ring (bicyclic) bond motifs is 1. The maximum absolute atomic E-state index is 13.7. The fourth-order valence-corrected chi connectivity index (χ4v) is 5.54. The summed E-state index contributed by atoms with van der Waals surface area (Å²) in [6.07, 6.45) is 2.29. The summed E-state index contributed by atoms with van der Waals surface area (Å²) >= 11 is 0. The van der Waals surface area contributed by atoms with E-state index in [-0.39, 0.29) is 41.9 Å². The van der Waals surface area contributed by atoms with Gasteiger partial charge >= 0.3 is 0 Å². The highest BCUT2D eigenvalue weighted by atomic mass is 19.3. The first-order valence-electron chi connectivity index (χ1n) is 13.3. The van der Waals surface area contributed by atoms with E-state index in [9.17, 15) is 18.4 Å². The normalized spacial score (nSPS) is 19.6. The van der Waals surface area contributed by atoms with Crippen LogP contribution in [0.1, 0.15) is 82.4 Å². The number of hydrogen-bond acceptors (Lipinski definition) is 3. The monoisotopic (exact) mass is 502 g/mol. The van der Waals surface area contributed by atoms with E-state index in [0.717, 1.165) is 16.9 Å². The standard InChI is InChI=1S/C28H40F2N4O2/c1-6-32(5)24(35)20-11-15-33(16-12-20)25(36)21-7-8-23-22(17-21)31-26(27(2,3)4)34(23)18-19-9-13-28(29,30)14-10-19/h7-8,17,19-20H,6,9-16,18H2,1-5H3. The number of piperidine rings is 1. The zero-order valence-corrected chi connectivity index (χ0v) is 22.3. The highest BCUT2D eigenvalue weighted by Crippen LogP contribution is 2.38. The van der Waals surface area contributed by atoms with Gasteiger partial charge in [-0.3, -0.25) is 9.59 Å². The lowest BCUT2D eigenvalue weighted by molar-refractivity contribution is -0.135. The van der Waals surface area contributed by atoms with Gasteiger partial charge in [0.15, 0.2) is 0 Å². The molecule has 0 bridgehead atoms. The van der Waals surface area contributed by atoms with Gasteiger partial charge in [0, 0.05) is 63.0 Å². The van der Waals surface area contributed by atoms with Crippen molar-refractivity contribution in [1.82, 2.24) is 19.4 Å². The van der Waals surface area contributed by atoms with Gasteiger partial charge in [-0.2, -0.15) is 0 Å². The van der Waals surface area contributed by atoms with Crippen LogP contribution in [0.3, 0.4) is 0 Å². The maximum Gasteiger partial charge on any atom is 0.253 e. The molecule has 1 aromatic carbocycles. The largest absolute Gasteiger partial charge is 0.346 e. The molecule has 2 heterocycles. The van der Waals surface area contributed by atoms with Crippen molar-refractivity contribution in [1.29, 1.82) is 0 Å². The Labute approximate surface area is 213 Å². The summed E-state index contributed by atoms with van der Waals surface area (Å²) < 4.78 is 29.6. The first-order chi connectivity index (χ1) is 16.9. The molecule has 0 unspecified atom stereocenters. The highest BCUT2D eigenvalue weighted by Gasteiger charge is 2.36. The molecule has 1 aliphatic heterocycles. The Bertz CT molecular complexity index is 1100. The molecule has 36 heavy (non-hydrogen) atoms. The number of carbonyl (C=O) groups excluding carboxylic acids is 2. The molecule has 1 aromatic heterocycles. The van der Waals surface area contributed by atoms with Crippen LogP contribution in [0.4, 0.5) is 8.78 Å². The van der Waals surface area contributed by atoms with Crippen LogP contribution in [-0.2, 0) is 16.8 Å². The molecule has 0 radical (unpaired) electrons. The van der Waals surface area contributed by atoms with Crippen LogP contribution in [0.5, 0.6) is 0 Å². The van der Waals surface area contributed by atoms with Gasteiger partial charge in [-0.05, 0) is 56.7 Å². The highest BCUT2D eigenvalue weighted by molar-refractivity contribution is 5.97. The van der Waals surface area contributed by atoms with Gasteiger partial charge in [0.05, 0.1) is 11.0 Å². The minimum atomic E-state index is -2.54. The second-order valence-corrected chi connectivity index (χ2v) is 11.7. The molecule has 4 rings (SSSR count). The summed E-state index contributed by atoms with van der Waals surface area (Å²) in [5.74, 6) is -1.32. The topological polar surface area (TPSA) is 58.4 Å². The van der Waals surface area contributed by atoms with Gasteiger partial charge in [0.1, 0.15) is 5.82 Å². The van der Waals surface area contributed by atoms with Crippen LogP contribution >= 0.6 is 0 Å². The smallest absolute Gasteiger partial charge is 0.253 e. The van der Waals surface area contributed by atoms with Crippen molar-refractivity contribution in [3.8, 4) is 0 Å². The molecule has 2 amide bonds. The molecule has 1 saturated heterocycles. The van der Waals surface area contributed by atoms with Crippen molar-refractivity contribution in [2.24, 2.45) is 11.8 Å². The molecule has 2 aromatic rings. The number of nitrogens with zero attached hydrogens (tertiary/aromatic N) is 4. The Morgan fingerprint density at radius 3 is 2.33 bits per heavy atom. The molecule has 1 saturated carbocycles. The van der Waals surface area contributed by atoms with E-state index in [2.05, 4.69) is 25.3 Å². The number of rotatable bonds is 5. The van der Waals surface area contributed by atoms with E-state index < -0.39 is 5.92 Å². The van der Waals surface area contributed by atoms with Gasteiger partial charge in [-0.25, -0.2) is 13.8 Å². The number of carbonyl (C=O) groups is 2. The molecular formula is C28H40F2N4O2. The van der Waals surface area contributed by atoms with Crippen LogP contribution in [0.2, 0.25) is 0 Å². The van der Waals surface area contributed by atoms with Gasteiger partial charge in [-0.15, -0.1) is 0 Å². The third-order valence-electron chi connectivity index (χ3n) is 7.93. The zero-order valence-electron chi connectivity index (χ0n) is 22.3. The summed E-state index contributed by atoms with van der Waals surface area (Å²) in [4.78, 5) is 34.3. The molecule has 2 fully saturated rings. The van der Waals surface area contributed by atoms with Crippen molar-refractivity contribution < 1.29 is 18.4 Å². The van der Waals surface area contributed by atoms with Crippen LogP contribution in [0.15, 0.2) is 18.2 Å². The zero-order chi connectivity index (χ0) is 26.3. The Morgan fingerprint density at radius 2 is 1.75 bits per heavy atom. The van der Waals surface area contributed by atoms with E-state index in [1.807, 2.05) is 37.1 Å². The van der Waals surface area contributed by atoms with E-state index in [1.165, 1.54) is 0 Å². The number of benzene rings is 1. The van der Waals surface area contributed by atoms with Crippen LogP contribution < -0.4 is 0 Å². The average Bonchev–Trinajstić information content (AvgIpc) is 3.22. The quantitative estimate of drug-likeness (QED) is 0.543. The number of hydrogen-bond donors (Lipinski definition) is 0. The van der Waals surface area contributed by atoms with Crippen LogP contribution in [0, 0.1) is 11.8 Å². The third-order valence-corrected chi connectivity index (χ3v) is 7.93. The fraction of sp³-hybridized carbons (Fsp3) is 0.679. The van der Waals surface area contributed by atoms with Crippen molar-refractivity contribution in [3.63, 3.8) is 0 Å². The molecule has 0 atom stereocenters. The summed E-state index contributed by atoms with van der Waals surface area (Å²) in [7, 11) is 1.82. The first kappa shape index (κ1) is 26.6. The molecule has 2 aliphatic rings. The second kappa shape index (κ2) is 10.1. The van der Waals surface area contributed by atoms with Crippen molar-refractivity contribution in [2.75, 3.05) is 26.7 Å². The second-order valence-electron chi connectivity index (χ2n) is 11.7. The predicted octanol–water partition coefficient (Wildman–Crippen LogP) is 5.49. The maximum atomic E-state index is 13.7. The lowest BCUT2D eigenvalue weighted by Gasteiger charge is -2.33. The Hall–Kier alpha value is -2.51. The van der Waals surface area contributed by atoms with Crippen molar-refractivity contribution in [3.05, 3.63) is 29.6 Å². The lowest BCUT2D eigenvalue weighted by atomic mass is 9.86. The molecule has 6 nitrogen and oxygen atoms in total. The van der Waals surface area contributed by atoms with Gasteiger partial charge in [-0.1, -0.05) is 20.8 Å². The number of amides is 2. The molecule has 198 valence electrons. The number of alkyl halides is 2.